The molecule has 0 amide bonds. The predicted molar refractivity (Wildman–Crippen MR) is 81.1 cm³/mol. The lowest BCUT2D eigenvalue weighted by molar-refractivity contribution is 0.122. The molecule has 1 aromatic heterocycles. The zero-order valence-corrected chi connectivity index (χ0v) is 12.6. The van der Waals surface area contributed by atoms with Crippen LogP contribution >= 0.6 is 0 Å². The van der Waals surface area contributed by atoms with Crippen LogP contribution < -0.4 is 4.90 Å². The number of rotatable bonds is 3. The minimum Gasteiger partial charge on any atom is -0.378 e. The van der Waals surface area contributed by atoms with Gasteiger partial charge in [-0.3, -0.25) is 4.90 Å². The Kier molecular flexibility index (Phi) is 4.22. The van der Waals surface area contributed by atoms with E-state index >= 15 is 0 Å². The number of pyridine rings is 1. The van der Waals surface area contributed by atoms with Gasteiger partial charge in [0, 0.05) is 36.9 Å². The van der Waals surface area contributed by atoms with Gasteiger partial charge >= 0.3 is 0 Å². The van der Waals surface area contributed by atoms with E-state index in [-0.39, 0.29) is 0 Å². The molecule has 3 rings (SSSR count). The van der Waals surface area contributed by atoms with Crippen molar-refractivity contribution in [3.05, 3.63) is 23.9 Å². The number of ether oxygens (including phenoxy) is 1. The Morgan fingerprint density at radius 3 is 2.80 bits per heavy atom. The van der Waals surface area contributed by atoms with Crippen molar-refractivity contribution in [1.82, 2.24) is 9.88 Å². The number of morpholine rings is 1. The third kappa shape index (κ3) is 2.67. The molecule has 0 aromatic carbocycles. The van der Waals surface area contributed by atoms with Crippen molar-refractivity contribution >= 4 is 5.82 Å². The second-order valence-electron chi connectivity index (χ2n) is 6.01. The quantitative estimate of drug-likeness (QED) is 0.847. The summed E-state index contributed by atoms with van der Waals surface area (Å²) in [6.07, 6.45) is 4.46. The summed E-state index contributed by atoms with van der Waals surface area (Å²) in [5.41, 5.74) is 1.40. The Bertz CT molecular complexity index is 443. The van der Waals surface area contributed by atoms with Crippen LogP contribution in [0.5, 0.6) is 0 Å². The van der Waals surface area contributed by atoms with Gasteiger partial charge in [-0.2, -0.15) is 0 Å². The molecule has 3 heterocycles. The van der Waals surface area contributed by atoms with Crippen LogP contribution in [-0.4, -0.2) is 48.8 Å². The normalized spacial score (nSPS) is 24.6. The molecule has 0 N–H and O–H groups in total. The summed E-state index contributed by atoms with van der Waals surface area (Å²) in [6.45, 7) is 9.34. The molecule has 0 bridgehead atoms. The molecule has 1 atom stereocenters. The number of hydrogen-bond acceptors (Lipinski definition) is 4. The average Bonchev–Trinajstić information content (AvgIpc) is 2.98. The summed E-state index contributed by atoms with van der Waals surface area (Å²) in [5, 5.41) is 0. The first kappa shape index (κ1) is 13.8. The smallest absolute Gasteiger partial charge is 0.133 e. The van der Waals surface area contributed by atoms with Gasteiger partial charge in [0.2, 0.25) is 0 Å². The van der Waals surface area contributed by atoms with E-state index in [1.165, 1.54) is 30.8 Å². The van der Waals surface area contributed by atoms with Crippen LogP contribution in [0.25, 0.3) is 0 Å². The van der Waals surface area contributed by atoms with Crippen LogP contribution in [0.4, 0.5) is 5.82 Å². The van der Waals surface area contributed by atoms with Gasteiger partial charge in [-0.05, 0) is 39.3 Å². The maximum atomic E-state index is 5.47. The average molecular weight is 275 g/mol. The zero-order chi connectivity index (χ0) is 13.9. The predicted octanol–water partition coefficient (Wildman–Crippen LogP) is 2.46. The van der Waals surface area contributed by atoms with Crippen LogP contribution in [0, 0.1) is 0 Å². The van der Waals surface area contributed by atoms with Gasteiger partial charge in [0.1, 0.15) is 5.82 Å². The van der Waals surface area contributed by atoms with Gasteiger partial charge < -0.3 is 9.64 Å². The first-order chi connectivity index (χ1) is 9.77. The molecular formula is C16H25N3O. The van der Waals surface area contributed by atoms with E-state index in [1.807, 2.05) is 6.20 Å². The van der Waals surface area contributed by atoms with E-state index in [4.69, 9.17) is 4.74 Å². The fourth-order valence-electron chi connectivity index (χ4n) is 3.45. The molecule has 0 radical (unpaired) electrons. The Balaban J connectivity index is 1.89. The van der Waals surface area contributed by atoms with Crippen molar-refractivity contribution in [2.75, 3.05) is 37.7 Å². The fraction of sp³-hybridized carbons (Fsp3) is 0.688. The molecule has 0 spiro atoms. The zero-order valence-electron chi connectivity index (χ0n) is 12.6. The highest BCUT2D eigenvalue weighted by Crippen LogP contribution is 2.37. The molecule has 1 aromatic rings. The largest absolute Gasteiger partial charge is 0.378 e. The molecule has 0 saturated carbocycles. The molecule has 110 valence electrons. The van der Waals surface area contributed by atoms with Crippen LogP contribution in [0.15, 0.2) is 18.3 Å². The van der Waals surface area contributed by atoms with Crippen LogP contribution in [0.3, 0.4) is 0 Å². The lowest BCUT2D eigenvalue weighted by Crippen LogP contribution is -2.38. The number of hydrogen-bond donors (Lipinski definition) is 0. The minimum absolute atomic E-state index is 0.529. The summed E-state index contributed by atoms with van der Waals surface area (Å²) in [4.78, 5) is 9.68. The summed E-state index contributed by atoms with van der Waals surface area (Å²) in [5.74, 6) is 1.17. The number of nitrogens with zero attached hydrogens (tertiary/aromatic N) is 3. The third-order valence-corrected chi connectivity index (χ3v) is 4.44. The highest BCUT2D eigenvalue weighted by Gasteiger charge is 2.31. The standard InChI is InChI=1S/C16H25N3O/c1-13(2)19-8-4-6-15(19)14-5-3-7-17-16(14)18-9-11-20-12-10-18/h3,5,7,13,15H,4,6,8-12H2,1-2H3/t15-/m0/s1. The summed E-state index contributed by atoms with van der Waals surface area (Å²) in [7, 11) is 0. The Hall–Kier alpha value is -1.13. The van der Waals surface area contributed by atoms with Crippen molar-refractivity contribution in [3.63, 3.8) is 0 Å². The summed E-state index contributed by atoms with van der Waals surface area (Å²) < 4.78 is 5.47. The first-order valence-electron chi connectivity index (χ1n) is 7.80. The molecule has 0 unspecified atom stereocenters. The number of likely N-dealkylation sites (tertiary alicyclic amines) is 1. The van der Waals surface area contributed by atoms with E-state index in [9.17, 15) is 0 Å². The van der Waals surface area contributed by atoms with E-state index in [0.29, 0.717) is 12.1 Å². The first-order valence-corrected chi connectivity index (χ1v) is 7.80. The SMILES string of the molecule is CC(C)N1CCC[C@H]1c1cccnc1N1CCOCC1. The van der Waals surface area contributed by atoms with Gasteiger partial charge in [0.25, 0.3) is 0 Å². The van der Waals surface area contributed by atoms with Gasteiger partial charge in [-0.25, -0.2) is 4.98 Å². The van der Waals surface area contributed by atoms with Gasteiger partial charge in [0.05, 0.1) is 13.2 Å². The van der Waals surface area contributed by atoms with Gasteiger partial charge in [0.15, 0.2) is 0 Å². The molecule has 2 saturated heterocycles. The Morgan fingerprint density at radius 1 is 1.25 bits per heavy atom. The van der Waals surface area contributed by atoms with Crippen molar-refractivity contribution in [2.45, 2.75) is 38.8 Å². The molecule has 2 aliphatic rings. The lowest BCUT2D eigenvalue weighted by atomic mass is 10.0. The van der Waals surface area contributed by atoms with E-state index < -0.39 is 0 Å². The van der Waals surface area contributed by atoms with E-state index in [0.717, 1.165) is 26.3 Å². The molecule has 2 fully saturated rings. The van der Waals surface area contributed by atoms with Crippen molar-refractivity contribution < 1.29 is 4.74 Å². The highest BCUT2D eigenvalue weighted by atomic mass is 16.5. The van der Waals surface area contributed by atoms with Crippen molar-refractivity contribution in [3.8, 4) is 0 Å². The van der Waals surface area contributed by atoms with E-state index in [2.05, 4.69) is 40.8 Å². The Morgan fingerprint density at radius 2 is 2.05 bits per heavy atom. The second kappa shape index (κ2) is 6.10. The third-order valence-electron chi connectivity index (χ3n) is 4.44. The molecule has 2 aliphatic heterocycles. The van der Waals surface area contributed by atoms with E-state index in [1.54, 1.807) is 0 Å². The van der Waals surface area contributed by atoms with Gasteiger partial charge in [-0.15, -0.1) is 0 Å². The molecule has 4 heteroatoms. The molecule has 20 heavy (non-hydrogen) atoms. The number of anilines is 1. The fourth-order valence-corrected chi connectivity index (χ4v) is 3.45. The Labute approximate surface area is 121 Å². The van der Waals surface area contributed by atoms with Crippen LogP contribution in [-0.2, 0) is 4.74 Å². The maximum Gasteiger partial charge on any atom is 0.133 e. The van der Waals surface area contributed by atoms with Crippen LogP contribution in [0.1, 0.15) is 38.3 Å². The summed E-state index contributed by atoms with van der Waals surface area (Å²) in [6, 6.07) is 5.47. The summed E-state index contributed by atoms with van der Waals surface area (Å²) >= 11 is 0. The van der Waals surface area contributed by atoms with Crippen molar-refractivity contribution in [1.29, 1.82) is 0 Å². The lowest BCUT2D eigenvalue weighted by Gasteiger charge is -2.34. The second-order valence-corrected chi connectivity index (χ2v) is 6.01. The van der Waals surface area contributed by atoms with Gasteiger partial charge in [-0.1, -0.05) is 6.07 Å². The topological polar surface area (TPSA) is 28.6 Å². The highest BCUT2D eigenvalue weighted by molar-refractivity contribution is 5.49. The maximum absolute atomic E-state index is 5.47. The van der Waals surface area contributed by atoms with Crippen molar-refractivity contribution in [2.24, 2.45) is 0 Å². The molecule has 0 aliphatic carbocycles. The molecule has 4 nitrogen and oxygen atoms in total. The number of aromatic nitrogens is 1. The van der Waals surface area contributed by atoms with Crippen LogP contribution in [0.2, 0.25) is 0 Å². The minimum atomic E-state index is 0.529. The molecular weight excluding hydrogens is 250 g/mol. The monoisotopic (exact) mass is 275 g/mol.